The highest BCUT2D eigenvalue weighted by molar-refractivity contribution is 5.94. The van der Waals surface area contributed by atoms with Gasteiger partial charge in [-0.25, -0.2) is 4.98 Å². The van der Waals surface area contributed by atoms with Gasteiger partial charge < -0.3 is 15.0 Å². The summed E-state index contributed by atoms with van der Waals surface area (Å²) in [6, 6.07) is 16.8. The SMILES string of the molecule is O=C(NCC1CCN(c2cnccn2)CC1)c1ccc(Oc2ccccc2)cc1. The molecule has 0 atom stereocenters. The van der Waals surface area contributed by atoms with Crippen molar-refractivity contribution >= 4 is 11.7 Å². The minimum Gasteiger partial charge on any atom is -0.457 e. The van der Waals surface area contributed by atoms with Gasteiger partial charge in [-0.1, -0.05) is 18.2 Å². The molecule has 0 aliphatic carbocycles. The Morgan fingerprint density at radius 3 is 2.41 bits per heavy atom. The third-order valence-electron chi connectivity index (χ3n) is 5.13. The summed E-state index contributed by atoms with van der Waals surface area (Å²) < 4.78 is 5.77. The lowest BCUT2D eigenvalue weighted by atomic mass is 9.96. The topological polar surface area (TPSA) is 67.4 Å². The van der Waals surface area contributed by atoms with Gasteiger partial charge in [-0.3, -0.25) is 9.78 Å². The first kappa shape index (κ1) is 18.9. The Kier molecular flexibility index (Phi) is 6.00. The number of carbonyl (C=O) groups is 1. The molecule has 2 aromatic carbocycles. The molecule has 1 aliphatic rings. The van der Waals surface area contributed by atoms with Gasteiger partial charge >= 0.3 is 0 Å². The molecule has 4 rings (SSSR count). The number of hydrogen-bond donors (Lipinski definition) is 1. The van der Waals surface area contributed by atoms with Crippen LogP contribution in [-0.4, -0.2) is 35.5 Å². The maximum atomic E-state index is 12.5. The summed E-state index contributed by atoms with van der Waals surface area (Å²) in [7, 11) is 0. The van der Waals surface area contributed by atoms with Gasteiger partial charge in [0.25, 0.3) is 5.91 Å². The van der Waals surface area contributed by atoms with Crippen molar-refractivity contribution in [3.63, 3.8) is 0 Å². The Morgan fingerprint density at radius 1 is 1.00 bits per heavy atom. The smallest absolute Gasteiger partial charge is 0.251 e. The van der Waals surface area contributed by atoms with Crippen LogP contribution >= 0.6 is 0 Å². The van der Waals surface area contributed by atoms with Gasteiger partial charge in [-0.15, -0.1) is 0 Å². The first-order chi connectivity index (χ1) is 14.3. The van der Waals surface area contributed by atoms with E-state index >= 15 is 0 Å². The molecule has 3 aromatic rings. The van der Waals surface area contributed by atoms with Crippen molar-refractivity contribution in [3.05, 3.63) is 78.8 Å². The molecule has 2 heterocycles. The summed E-state index contributed by atoms with van der Waals surface area (Å²) in [5.74, 6) is 2.84. The van der Waals surface area contributed by atoms with Crippen molar-refractivity contribution in [1.82, 2.24) is 15.3 Å². The predicted molar refractivity (Wildman–Crippen MR) is 112 cm³/mol. The molecule has 148 valence electrons. The fourth-order valence-electron chi connectivity index (χ4n) is 3.46. The van der Waals surface area contributed by atoms with Gasteiger partial charge in [0.15, 0.2) is 0 Å². The van der Waals surface area contributed by atoms with Crippen LogP contribution in [0.25, 0.3) is 0 Å². The lowest BCUT2D eigenvalue weighted by molar-refractivity contribution is 0.0945. The third kappa shape index (κ3) is 5.10. The molecule has 1 N–H and O–H groups in total. The maximum Gasteiger partial charge on any atom is 0.251 e. The number of amides is 1. The Morgan fingerprint density at radius 2 is 1.72 bits per heavy atom. The number of carbonyl (C=O) groups excluding carboxylic acids is 1. The predicted octanol–water partition coefficient (Wildman–Crippen LogP) is 3.92. The molecular weight excluding hydrogens is 364 g/mol. The van der Waals surface area contributed by atoms with E-state index in [1.807, 2.05) is 42.5 Å². The maximum absolute atomic E-state index is 12.5. The van der Waals surface area contributed by atoms with Crippen LogP contribution in [0.2, 0.25) is 0 Å². The lowest BCUT2D eigenvalue weighted by Crippen LogP contribution is -2.39. The van der Waals surface area contributed by atoms with Crippen LogP contribution in [0.15, 0.2) is 73.2 Å². The largest absolute Gasteiger partial charge is 0.457 e. The third-order valence-corrected chi connectivity index (χ3v) is 5.13. The quantitative estimate of drug-likeness (QED) is 0.693. The van der Waals surface area contributed by atoms with Crippen molar-refractivity contribution in [2.24, 2.45) is 5.92 Å². The van der Waals surface area contributed by atoms with Crippen molar-refractivity contribution < 1.29 is 9.53 Å². The molecule has 1 aromatic heterocycles. The van der Waals surface area contributed by atoms with Gasteiger partial charge in [-0.2, -0.15) is 0 Å². The monoisotopic (exact) mass is 388 g/mol. The zero-order valence-corrected chi connectivity index (χ0v) is 16.2. The first-order valence-corrected chi connectivity index (χ1v) is 9.90. The van der Waals surface area contributed by atoms with Gasteiger partial charge in [0.2, 0.25) is 0 Å². The number of benzene rings is 2. The number of anilines is 1. The van der Waals surface area contributed by atoms with E-state index < -0.39 is 0 Å². The van der Waals surface area contributed by atoms with Crippen LogP contribution in [0.3, 0.4) is 0 Å². The normalized spacial score (nSPS) is 14.4. The average molecular weight is 388 g/mol. The summed E-state index contributed by atoms with van der Waals surface area (Å²) in [4.78, 5) is 23.2. The molecule has 0 spiro atoms. The number of rotatable bonds is 6. The highest BCUT2D eigenvalue weighted by atomic mass is 16.5. The van der Waals surface area contributed by atoms with E-state index in [1.54, 1.807) is 30.7 Å². The number of hydrogen-bond acceptors (Lipinski definition) is 5. The summed E-state index contributed by atoms with van der Waals surface area (Å²) in [6.45, 7) is 2.56. The molecule has 1 fully saturated rings. The standard InChI is InChI=1S/C23H24N4O2/c28-23(19-6-8-21(9-7-19)29-20-4-2-1-3-5-20)26-16-18-10-14-27(15-11-18)22-17-24-12-13-25-22/h1-9,12-13,17-18H,10-11,14-16H2,(H,26,28). The molecule has 6 heteroatoms. The van der Waals surface area contributed by atoms with E-state index in [4.69, 9.17) is 4.74 Å². The zero-order valence-electron chi connectivity index (χ0n) is 16.2. The number of nitrogens with zero attached hydrogens (tertiary/aromatic N) is 3. The van der Waals surface area contributed by atoms with E-state index in [9.17, 15) is 4.79 Å². The summed E-state index contributed by atoms with van der Waals surface area (Å²) >= 11 is 0. The molecule has 0 radical (unpaired) electrons. The number of ether oxygens (including phenoxy) is 1. The summed E-state index contributed by atoms with van der Waals surface area (Å²) in [5.41, 5.74) is 0.641. The van der Waals surface area contributed by atoms with E-state index in [0.29, 0.717) is 23.8 Å². The Hall–Kier alpha value is -3.41. The molecule has 0 bridgehead atoms. The van der Waals surface area contributed by atoms with Crippen LogP contribution in [0.5, 0.6) is 11.5 Å². The van der Waals surface area contributed by atoms with Crippen molar-refractivity contribution in [2.75, 3.05) is 24.5 Å². The molecular formula is C23H24N4O2. The van der Waals surface area contributed by atoms with Crippen molar-refractivity contribution in [3.8, 4) is 11.5 Å². The Balaban J connectivity index is 1.24. The molecule has 1 aliphatic heterocycles. The number of nitrogens with one attached hydrogen (secondary N) is 1. The Labute approximate surface area is 170 Å². The van der Waals surface area contributed by atoms with E-state index in [-0.39, 0.29) is 5.91 Å². The second kappa shape index (κ2) is 9.19. The van der Waals surface area contributed by atoms with Gasteiger partial charge in [0.1, 0.15) is 17.3 Å². The molecule has 0 unspecified atom stereocenters. The highest BCUT2D eigenvalue weighted by Gasteiger charge is 2.20. The zero-order chi connectivity index (χ0) is 19.9. The molecule has 1 amide bonds. The van der Waals surface area contributed by atoms with E-state index in [0.717, 1.165) is 37.5 Å². The minimum absolute atomic E-state index is 0.0485. The molecule has 1 saturated heterocycles. The summed E-state index contributed by atoms with van der Waals surface area (Å²) in [5, 5.41) is 3.07. The van der Waals surface area contributed by atoms with Crippen LogP contribution in [0, 0.1) is 5.92 Å². The fraction of sp³-hybridized carbons (Fsp3) is 0.261. The number of aromatic nitrogens is 2. The van der Waals surface area contributed by atoms with Gasteiger partial charge in [0.05, 0.1) is 6.20 Å². The molecule has 6 nitrogen and oxygen atoms in total. The second-order valence-electron chi connectivity index (χ2n) is 7.14. The van der Waals surface area contributed by atoms with Crippen LogP contribution in [0.4, 0.5) is 5.82 Å². The lowest BCUT2D eigenvalue weighted by Gasteiger charge is -2.32. The number of para-hydroxylation sites is 1. The van der Waals surface area contributed by atoms with Crippen molar-refractivity contribution in [1.29, 1.82) is 0 Å². The van der Waals surface area contributed by atoms with Crippen LogP contribution in [-0.2, 0) is 0 Å². The molecule has 0 saturated carbocycles. The van der Waals surface area contributed by atoms with E-state index in [2.05, 4.69) is 20.2 Å². The van der Waals surface area contributed by atoms with Crippen LogP contribution < -0.4 is 15.0 Å². The van der Waals surface area contributed by atoms with Crippen molar-refractivity contribution in [2.45, 2.75) is 12.8 Å². The Bertz CT molecular complexity index is 909. The highest BCUT2D eigenvalue weighted by Crippen LogP contribution is 2.22. The fourth-order valence-corrected chi connectivity index (χ4v) is 3.46. The van der Waals surface area contributed by atoms with Crippen LogP contribution in [0.1, 0.15) is 23.2 Å². The average Bonchev–Trinajstić information content (AvgIpc) is 2.80. The van der Waals surface area contributed by atoms with Gasteiger partial charge in [-0.05, 0) is 55.2 Å². The number of piperidine rings is 1. The second-order valence-corrected chi connectivity index (χ2v) is 7.14. The minimum atomic E-state index is -0.0485. The summed E-state index contributed by atoms with van der Waals surface area (Å²) in [6.07, 6.45) is 7.26. The first-order valence-electron chi connectivity index (χ1n) is 9.90. The van der Waals surface area contributed by atoms with Gasteiger partial charge in [0, 0.05) is 37.6 Å². The molecule has 29 heavy (non-hydrogen) atoms. The van der Waals surface area contributed by atoms with E-state index in [1.165, 1.54) is 0 Å².